The van der Waals surface area contributed by atoms with Crippen LogP contribution < -0.4 is 0 Å². The average Bonchev–Trinajstić information content (AvgIpc) is 3.25. The van der Waals surface area contributed by atoms with Crippen molar-refractivity contribution in [1.29, 1.82) is 0 Å². The first-order valence-electron chi connectivity index (χ1n) is 8.64. The third kappa shape index (κ3) is 3.64. The Morgan fingerprint density at radius 1 is 0.815 bits per heavy atom. The standard InChI is InChI=1S/C22H18FN3O/c23-20-6-4-17(5-7-20)21(26-13-12-25-15-26)22(27)19-3-1-2-18(14-19)16-8-10-24-11-9-16/h1-15,21-22,27H. The second kappa shape index (κ2) is 7.51. The van der Waals surface area contributed by atoms with E-state index in [9.17, 15) is 9.50 Å². The Bertz CT molecular complexity index is 1000. The molecular weight excluding hydrogens is 341 g/mol. The zero-order chi connectivity index (χ0) is 18.6. The van der Waals surface area contributed by atoms with Gasteiger partial charge in [-0.1, -0.05) is 30.3 Å². The Kier molecular flexibility index (Phi) is 4.77. The van der Waals surface area contributed by atoms with Crippen molar-refractivity contribution >= 4 is 0 Å². The highest BCUT2D eigenvalue weighted by atomic mass is 19.1. The number of halogens is 1. The van der Waals surface area contributed by atoms with Crippen molar-refractivity contribution in [1.82, 2.24) is 14.5 Å². The molecule has 0 saturated carbocycles. The molecular formula is C22H18FN3O. The van der Waals surface area contributed by atoms with E-state index in [-0.39, 0.29) is 5.82 Å². The van der Waals surface area contributed by atoms with E-state index >= 15 is 0 Å². The number of benzene rings is 2. The zero-order valence-electron chi connectivity index (χ0n) is 14.5. The van der Waals surface area contributed by atoms with Crippen LogP contribution in [0.5, 0.6) is 0 Å². The lowest BCUT2D eigenvalue weighted by Gasteiger charge is -2.25. The van der Waals surface area contributed by atoms with E-state index in [1.807, 2.05) is 41.0 Å². The topological polar surface area (TPSA) is 50.9 Å². The molecule has 0 spiro atoms. The third-order valence-electron chi connectivity index (χ3n) is 4.60. The number of nitrogens with zero attached hydrogens (tertiary/aromatic N) is 3. The fourth-order valence-corrected chi connectivity index (χ4v) is 3.24. The number of hydrogen-bond acceptors (Lipinski definition) is 3. The van der Waals surface area contributed by atoms with Crippen molar-refractivity contribution in [3.8, 4) is 11.1 Å². The van der Waals surface area contributed by atoms with Crippen molar-refractivity contribution in [2.75, 3.05) is 0 Å². The molecule has 0 fully saturated rings. The van der Waals surface area contributed by atoms with Crippen LogP contribution in [0.4, 0.5) is 4.39 Å². The quantitative estimate of drug-likeness (QED) is 0.574. The lowest BCUT2D eigenvalue weighted by Crippen LogP contribution is -2.18. The molecule has 0 aliphatic rings. The van der Waals surface area contributed by atoms with E-state index in [0.717, 1.165) is 22.3 Å². The molecule has 0 amide bonds. The molecule has 4 nitrogen and oxygen atoms in total. The Morgan fingerprint density at radius 3 is 2.30 bits per heavy atom. The van der Waals surface area contributed by atoms with Crippen molar-refractivity contribution in [3.63, 3.8) is 0 Å². The van der Waals surface area contributed by atoms with Crippen LogP contribution in [0.3, 0.4) is 0 Å². The number of pyridine rings is 1. The molecule has 0 bridgehead atoms. The van der Waals surface area contributed by atoms with E-state index in [2.05, 4.69) is 9.97 Å². The molecule has 4 aromatic rings. The Morgan fingerprint density at radius 2 is 1.59 bits per heavy atom. The highest BCUT2D eigenvalue weighted by Crippen LogP contribution is 2.34. The average molecular weight is 359 g/mol. The summed E-state index contributed by atoms with van der Waals surface area (Å²) in [5.41, 5.74) is 3.60. The molecule has 2 atom stereocenters. The van der Waals surface area contributed by atoms with Crippen LogP contribution in [0.15, 0.2) is 91.8 Å². The van der Waals surface area contributed by atoms with Gasteiger partial charge in [-0.25, -0.2) is 9.37 Å². The second-order valence-corrected chi connectivity index (χ2v) is 6.31. The number of hydrogen-bond donors (Lipinski definition) is 1. The van der Waals surface area contributed by atoms with Crippen LogP contribution in [0.2, 0.25) is 0 Å². The molecule has 2 aromatic heterocycles. The number of aliphatic hydroxyl groups excluding tert-OH is 1. The van der Waals surface area contributed by atoms with Crippen LogP contribution in [-0.4, -0.2) is 19.6 Å². The largest absolute Gasteiger partial charge is 0.386 e. The van der Waals surface area contributed by atoms with Crippen molar-refractivity contribution in [2.24, 2.45) is 0 Å². The fraction of sp³-hybridized carbons (Fsp3) is 0.0909. The molecule has 1 N–H and O–H groups in total. The SMILES string of the molecule is OC(c1cccc(-c2ccncc2)c1)C(c1ccc(F)cc1)n1ccnc1. The highest BCUT2D eigenvalue weighted by Gasteiger charge is 2.24. The summed E-state index contributed by atoms with van der Waals surface area (Å²) in [5.74, 6) is -0.308. The summed E-state index contributed by atoms with van der Waals surface area (Å²) in [6, 6.07) is 17.4. The Hall–Kier alpha value is -3.31. The lowest BCUT2D eigenvalue weighted by molar-refractivity contribution is 0.131. The van der Waals surface area contributed by atoms with Gasteiger partial charge in [0.1, 0.15) is 11.9 Å². The number of aromatic nitrogens is 3. The zero-order valence-corrected chi connectivity index (χ0v) is 14.5. The minimum Gasteiger partial charge on any atom is -0.386 e. The van der Waals surface area contributed by atoms with Crippen molar-refractivity contribution < 1.29 is 9.50 Å². The summed E-state index contributed by atoms with van der Waals surface area (Å²) in [5, 5.41) is 11.2. The molecule has 134 valence electrons. The summed E-state index contributed by atoms with van der Waals surface area (Å²) in [4.78, 5) is 8.15. The van der Waals surface area contributed by atoms with E-state index in [1.54, 1.807) is 43.2 Å². The minimum atomic E-state index is -0.827. The van der Waals surface area contributed by atoms with Gasteiger partial charge in [-0.2, -0.15) is 0 Å². The minimum absolute atomic E-state index is 0.308. The molecule has 0 aliphatic heterocycles. The monoisotopic (exact) mass is 359 g/mol. The molecule has 4 rings (SSSR count). The third-order valence-corrected chi connectivity index (χ3v) is 4.60. The number of imidazole rings is 1. The molecule has 0 saturated heterocycles. The van der Waals surface area contributed by atoms with Crippen LogP contribution in [0, 0.1) is 5.82 Å². The van der Waals surface area contributed by atoms with E-state index < -0.39 is 12.1 Å². The fourth-order valence-electron chi connectivity index (χ4n) is 3.24. The van der Waals surface area contributed by atoms with E-state index in [4.69, 9.17) is 0 Å². The first-order chi connectivity index (χ1) is 13.2. The van der Waals surface area contributed by atoms with Gasteiger partial charge >= 0.3 is 0 Å². The molecule has 2 heterocycles. The summed E-state index contributed by atoms with van der Waals surface area (Å²) in [7, 11) is 0. The first kappa shape index (κ1) is 17.1. The number of aliphatic hydroxyl groups is 1. The predicted molar refractivity (Wildman–Crippen MR) is 101 cm³/mol. The van der Waals surface area contributed by atoms with Crippen LogP contribution in [0.25, 0.3) is 11.1 Å². The van der Waals surface area contributed by atoms with Crippen molar-refractivity contribution in [3.05, 3.63) is 109 Å². The maximum atomic E-state index is 13.4. The van der Waals surface area contributed by atoms with Gasteiger partial charge in [0.25, 0.3) is 0 Å². The van der Waals surface area contributed by atoms with Gasteiger partial charge in [-0.3, -0.25) is 4.98 Å². The van der Waals surface area contributed by atoms with Crippen LogP contribution in [-0.2, 0) is 0 Å². The summed E-state index contributed by atoms with van der Waals surface area (Å²) in [6.45, 7) is 0. The molecule has 2 aromatic carbocycles. The van der Waals surface area contributed by atoms with Crippen molar-refractivity contribution in [2.45, 2.75) is 12.1 Å². The Balaban J connectivity index is 1.74. The maximum absolute atomic E-state index is 13.4. The van der Waals surface area contributed by atoms with Gasteiger partial charge in [0, 0.05) is 24.8 Å². The second-order valence-electron chi connectivity index (χ2n) is 6.31. The summed E-state index contributed by atoms with van der Waals surface area (Å²) >= 11 is 0. The number of rotatable bonds is 5. The highest BCUT2D eigenvalue weighted by molar-refractivity contribution is 5.63. The lowest BCUT2D eigenvalue weighted by atomic mass is 9.93. The van der Waals surface area contributed by atoms with Gasteiger partial charge < -0.3 is 9.67 Å². The van der Waals surface area contributed by atoms with Gasteiger partial charge in [-0.05, 0) is 52.6 Å². The van der Waals surface area contributed by atoms with Gasteiger partial charge in [0.2, 0.25) is 0 Å². The molecule has 5 heteroatoms. The normalized spacial score (nSPS) is 13.3. The van der Waals surface area contributed by atoms with E-state index in [1.165, 1.54) is 12.1 Å². The summed E-state index contributed by atoms with van der Waals surface area (Å²) in [6.07, 6.45) is 7.77. The van der Waals surface area contributed by atoms with Gasteiger partial charge in [-0.15, -0.1) is 0 Å². The summed E-state index contributed by atoms with van der Waals surface area (Å²) < 4.78 is 15.2. The molecule has 0 aliphatic carbocycles. The van der Waals surface area contributed by atoms with E-state index in [0.29, 0.717) is 0 Å². The maximum Gasteiger partial charge on any atom is 0.123 e. The predicted octanol–water partition coefficient (Wildman–Crippen LogP) is 4.41. The molecule has 0 radical (unpaired) electrons. The molecule has 27 heavy (non-hydrogen) atoms. The van der Waals surface area contributed by atoms with Gasteiger partial charge in [0.15, 0.2) is 0 Å². The van der Waals surface area contributed by atoms with Crippen LogP contribution >= 0.6 is 0 Å². The first-order valence-corrected chi connectivity index (χ1v) is 8.64. The molecule has 2 unspecified atom stereocenters. The smallest absolute Gasteiger partial charge is 0.123 e. The van der Waals surface area contributed by atoms with Gasteiger partial charge in [0.05, 0.1) is 12.4 Å². The Labute approximate surface area is 156 Å². The van der Waals surface area contributed by atoms with Crippen LogP contribution in [0.1, 0.15) is 23.3 Å².